The van der Waals surface area contributed by atoms with Crippen LogP contribution < -0.4 is 4.74 Å². The minimum absolute atomic E-state index is 0.236. The standard InChI is InChI=1S/C17H22O3S/c18-16(19)17(9-3-4-10-17)14-5-1-2-6-15(14)20-13-7-11-21-12-8-13/h1-2,5-6,13H,3-4,7-12H2,(H,18,19). The Labute approximate surface area is 130 Å². The van der Waals surface area contributed by atoms with Crippen LogP contribution in [0.2, 0.25) is 0 Å². The van der Waals surface area contributed by atoms with Crippen molar-refractivity contribution >= 4 is 17.7 Å². The highest BCUT2D eigenvalue weighted by molar-refractivity contribution is 7.99. The van der Waals surface area contributed by atoms with E-state index in [4.69, 9.17) is 4.74 Å². The zero-order chi connectivity index (χ0) is 14.7. The average Bonchev–Trinajstić information content (AvgIpc) is 3.00. The molecule has 3 nitrogen and oxygen atoms in total. The summed E-state index contributed by atoms with van der Waals surface area (Å²) < 4.78 is 6.20. The fraction of sp³-hybridized carbons (Fsp3) is 0.588. The van der Waals surface area contributed by atoms with Gasteiger partial charge in [-0.15, -0.1) is 0 Å². The van der Waals surface area contributed by atoms with Crippen LogP contribution in [-0.4, -0.2) is 28.7 Å². The zero-order valence-electron chi connectivity index (χ0n) is 12.2. The summed E-state index contributed by atoms with van der Waals surface area (Å²) in [5.74, 6) is 2.36. The maximum absolute atomic E-state index is 11.9. The van der Waals surface area contributed by atoms with Crippen LogP contribution in [0.3, 0.4) is 0 Å². The summed E-state index contributed by atoms with van der Waals surface area (Å²) in [7, 11) is 0. The van der Waals surface area contributed by atoms with Gasteiger partial charge in [0.25, 0.3) is 0 Å². The summed E-state index contributed by atoms with van der Waals surface area (Å²) in [4.78, 5) is 11.9. The van der Waals surface area contributed by atoms with Crippen LogP contribution in [0.15, 0.2) is 24.3 Å². The van der Waals surface area contributed by atoms with Crippen molar-refractivity contribution in [1.29, 1.82) is 0 Å². The molecule has 1 aliphatic carbocycles. The van der Waals surface area contributed by atoms with Crippen molar-refractivity contribution in [3.63, 3.8) is 0 Å². The minimum Gasteiger partial charge on any atom is -0.490 e. The van der Waals surface area contributed by atoms with Gasteiger partial charge in [0.15, 0.2) is 0 Å². The zero-order valence-corrected chi connectivity index (χ0v) is 13.0. The molecule has 0 spiro atoms. The van der Waals surface area contributed by atoms with Gasteiger partial charge < -0.3 is 9.84 Å². The number of benzene rings is 1. The fourth-order valence-corrected chi connectivity index (χ4v) is 4.58. The first-order valence-corrected chi connectivity index (χ1v) is 8.95. The van der Waals surface area contributed by atoms with Crippen LogP contribution in [-0.2, 0) is 10.2 Å². The summed E-state index contributed by atoms with van der Waals surface area (Å²) in [6, 6.07) is 7.77. The van der Waals surface area contributed by atoms with Gasteiger partial charge in [-0.05, 0) is 43.3 Å². The Balaban J connectivity index is 1.89. The van der Waals surface area contributed by atoms with Crippen LogP contribution >= 0.6 is 11.8 Å². The average molecular weight is 306 g/mol. The predicted octanol–water partition coefficient (Wildman–Crippen LogP) is 3.86. The third kappa shape index (κ3) is 2.91. The van der Waals surface area contributed by atoms with Crippen LogP contribution in [0.5, 0.6) is 5.75 Å². The maximum atomic E-state index is 11.9. The summed E-state index contributed by atoms with van der Waals surface area (Å²) in [5.41, 5.74) is 0.147. The quantitative estimate of drug-likeness (QED) is 0.917. The molecule has 4 heteroatoms. The van der Waals surface area contributed by atoms with E-state index < -0.39 is 11.4 Å². The number of rotatable bonds is 4. The largest absolute Gasteiger partial charge is 0.490 e. The number of thioether (sulfide) groups is 1. The molecule has 1 aromatic carbocycles. The fourth-order valence-electron chi connectivity index (χ4n) is 3.52. The number of para-hydroxylation sites is 1. The Kier molecular flexibility index (Phi) is 4.43. The van der Waals surface area contributed by atoms with Crippen molar-refractivity contribution in [2.45, 2.75) is 50.0 Å². The van der Waals surface area contributed by atoms with Gasteiger partial charge in [-0.1, -0.05) is 31.0 Å². The topological polar surface area (TPSA) is 46.5 Å². The van der Waals surface area contributed by atoms with E-state index in [1.165, 1.54) is 0 Å². The molecular formula is C17H22O3S. The molecule has 0 atom stereocenters. The van der Waals surface area contributed by atoms with Gasteiger partial charge in [-0.2, -0.15) is 11.8 Å². The first kappa shape index (κ1) is 14.8. The summed E-state index contributed by atoms with van der Waals surface area (Å²) in [6.45, 7) is 0. The number of carbonyl (C=O) groups is 1. The molecule has 0 amide bonds. The van der Waals surface area contributed by atoms with Gasteiger partial charge in [-0.3, -0.25) is 4.79 Å². The molecule has 2 aliphatic rings. The summed E-state index contributed by atoms with van der Waals surface area (Å²) >= 11 is 1.97. The minimum atomic E-state index is -0.736. The molecule has 1 saturated heterocycles. The second-order valence-corrected chi connectivity index (χ2v) is 7.24. The number of ether oxygens (including phenoxy) is 1. The monoisotopic (exact) mass is 306 g/mol. The van der Waals surface area contributed by atoms with Crippen molar-refractivity contribution in [3.8, 4) is 5.75 Å². The van der Waals surface area contributed by atoms with Crippen LogP contribution in [0.1, 0.15) is 44.1 Å². The Morgan fingerprint density at radius 2 is 1.86 bits per heavy atom. The molecule has 0 radical (unpaired) electrons. The third-order valence-corrected chi connectivity index (χ3v) is 5.78. The van der Waals surface area contributed by atoms with E-state index in [0.717, 1.165) is 61.3 Å². The highest BCUT2D eigenvalue weighted by Gasteiger charge is 2.44. The Hall–Kier alpha value is -1.16. The van der Waals surface area contributed by atoms with Gasteiger partial charge in [0.2, 0.25) is 0 Å². The Bertz CT molecular complexity index is 503. The van der Waals surface area contributed by atoms with E-state index >= 15 is 0 Å². The van der Waals surface area contributed by atoms with Crippen molar-refractivity contribution < 1.29 is 14.6 Å². The molecule has 1 saturated carbocycles. The summed E-state index contributed by atoms with van der Waals surface area (Å²) in [6.07, 6.45) is 5.77. The maximum Gasteiger partial charge on any atom is 0.314 e. The van der Waals surface area contributed by atoms with Gasteiger partial charge >= 0.3 is 5.97 Å². The lowest BCUT2D eigenvalue weighted by Gasteiger charge is -2.29. The Morgan fingerprint density at radius 3 is 2.52 bits per heavy atom. The van der Waals surface area contributed by atoms with Gasteiger partial charge in [0.05, 0.1) is 5.41 Å². The molecule has 114 valence electrons. The third-order valence-electron chi connectivity index (χ3n) is 4.73. The molecule has 0 bridgehead atoms. The second-order valence-electron chi connectivity index (χ2n) is 6.02. The molecular weight excluding hydrogens is 284 g/mol. The van der Waals surface area contributed by atoms with Gasteiger partial charge in [0, 0.05) is 5.56 Å². The SMILES string of the molecule is O=C(O)C1(c2ccccc2OC2CCSCC2)CCCC1. The second kappa shape index (κ2) is 6.30. The van der Waals surface area contributed by atoms with Gasteiger partial charge in [-0.25, -0.2) is 0 Å². The molecule has 21 heavy (non-hydrogen) atoms. The molecule has 1 heterocycles. The van der Waals surface area contributed by atoms with Crippen molar-refractivity contribution in [2.75, 3.05) is 11.5 Å². The van der Waals surface area contributed by atoms with Crippen LogP contribution in [0.4, 0.5) is 0 Å². The Morgan fingerprint density at radius 1 is 1.19 bits per heavy atom. The lowest BCUT2D eigenvalue weighted by molar-refractivity contribution is -0.143. The van der Waals surface area contributed by atoms with E-state index in [9.17, 15) is 9.90 Å². The van der Waals surface area contributed by atoms with E-state index in [-0.39, 0.29) is 6.10 Å². The molecule has 0 aromatic heterocycles. The smallest absolute Gasteiger partial charge is 0.314 e. The van der Waals surface area contributed by atoms with E-state index in [1.54, 1.807) is 0 Å². The molecule has 1 aliphatic heterocycles. The molecule has 1 N–H and O–H groups in total. The molecule has 3 rings (SSSR count). The molecule has 2 fully saturated rings. The van der Waals surface area contributed by atoms with Crippen molar-refractivity contribution in [1.82, 2.24) is 0 Å². The van der Waals surface area contributed by atoms with Crippen molar-refractivity contribution in [2.24, 2.45) is 0 Å². The first-order chi connectivity index (χ1) is 10.2. The van der Waals surface area contributed by atoms with E-state index in [0.29, 0.717) is 0 Å². The normalized spacial score (nSPS) is 22.1. The lowest BCUT2D eigenvalue weighted by Crippen LogP contribution is -2.34. The van der Waals surface area contributed by atoms with Crippen LogP contribution in [0, 0.1) is 0 Å². The number of aliphatic carboxylic acids is 1. The van der Waals surface area contributed by atoms with Crippen molar-refractivity contribution in [3.05, 3.63) is 29.8 Å². The number of hydrogen-bond acceptors (Lipinski definition) is 3. The van der Waals surface area contributed by atoms with E-state index in [2.05, 4.69) is 0 Å². The van der Waals surface area contributed by atoms with E-state index in [1.807, 2.05) is 36.0 Å². The predicted molar refractivity (Wildman–Crippen MR) is 85.2 cm³/mol. The molecule has 1 aromatic rings. The number of carboxylic acid groups (broad SMARTS) is 1. The molecule has 0 unspecified atom stereocenters. The first-order valence-electron chi connectivity index (χ1n) is 7.80. The number of carboxylic acids is 1. The number of hydrogen-bond donors (Lipinski definition) is 1. The van der Waals surface area contributed by atoms with Gasteiger partial charge in [0.1, 0.15) is 11.9 Å². The lowest BCUT2D eigenvalue weighted by atomic mass is 9.78. The van der Waals surface area contributed by atoms with Crippen LogP contribution in [0.25, 0.3) is 0 Å². The highest BCUT2D eigenvalue weighted by Crippen LogP contribution is 2.45. The highest BCUT2D eigenvalue weighted by atomic mass is 32.2. The summed E-state index contributed by atoms with van der Waals surface area (Å²) in [5, 5.41) is 9.79.